The number of allylic oxidation sites excluding steroid dienone is 4. The van der Waals surface area contributed by atoms with Crippen LogP contribution in [0.3, 0.4) is 0 Å². The fraction of sp³-hybridized carbons (Fsp3) is 0.375. The first-order valence-electron chi connectivity index (χ1n) is 14.4. The normalized spacial score (nSPS) is 21.2. The molecule has 4 aromatic rings. The third kappa shape index (κ3) is 5.47. The summed E-state index contributed by atoms with van der Waals surface area (Å²) in [6.45, 7) is 7.70. The summed E-state index contributed by atoms with van der Waals surface area (Å²) in [4.78, 5) is 30.1. The van der Waals surface area contributed by atoms with Gasteiger partial charge in [0, 0.05) is 73.1 Å². The van der Waals surface area contributed by atoms with E-state index in [1.54, 1.807) is 6.20 Å². The van der Waals surface area contributed by atoms with Gasteiger partial charge in [0.2, 0.25) is 0 Å². The minimum absolute atomic E-state index is 0.123. The van der Waals surface area contributed by atoms with Crippen molar-refractivity contribution in [2.45, 2.75) is 44.6 Å². The van der Waals surface area contributed by atoms with E-state index in [9.17, 15) is 4.79 Å². The highest BCUT2D eigenvalue weighted by Crippen LogP contribution is 2.42. The first kappa shape index (κ1) is 27.1. The van der Waals surface area contributed by atoms with Gasteiger partial charge in [0.25, 0.3) is 0 Å². The zero-order valence-corrected chi connectivity index (χ0v) is 23.6. The lowest BCUT2D eigenvalue weighted by Crippen LogP contribution is -2.54. The van der Waals surface area contributed by atoms with Gasteiger partial charge in [0.05, 0.1) is 12.1 Å². The number of piperazine rings is 1. The number of nitrogen functional groups attached to an aromatic ring is 1. The van der Waals surface area contributed by atoms with Gasteiger partial charge in [-0.15, -0.1) is 0 Å². The standard InChI is InChI=1S/C32H37N7O2/c1-3-4-5-6-21(2)26-10-9-22-7-8-23(19-27(22)35-26)29-30-31(33)34-11-12-39(30)32(36-29)24-17-25(18-24)38-15-13-37(14-16-38)20-28(40)41/h3-12,19,21,24-25H,13-18,20H2,1-2H3,(H2,33,34)(H,40,41)/b4-3-,6-5-. The Balaban J connectivity index is 1.25. The van der Waals surface area contributed by atoms with E-state index in [0.717, 1.165) is 78.2 Å². The number of aliphatic carboxylic acids is 1. The topological polar surface area (TPSA) is 113 Å². The number of aromatic nitrogens is 4. The van der Waals surface area contributed by atoms with Gasteiger partial charge in [-0.1, -0.05) is 49.4 Å². The minimum Gasteiger partial charge on any atom is -0.480 e. The number of anilines is 1. The Morgan fingerprint density at radius 3 is 2.66 bits per heavy atom. The number of hydrogen-bond donors (Lipinski definition) is 2. The largest absolute Gasteiger partial charge is 0.480 e. The quantitative estimate of drug-likeness (QED) is 0.303. The van der Waals surface area contributed by atoms with Gasteiger partial charge in [-0.2, -0.15) is 0 Å². The maximum atomic E-state index is 11.1. The van der Waals surface area contributed by atoms with Crippen molar-refractivity contribution in [3.63, 3.8) is 0 Å². The molecular weight excluding hydrogens is 514 g/mol. The molecule has 1 aromatic carbocycles. The van der Waals surface area contributed by atoms with E-state index in [-0.39, 0.29) is 12.5 Å². The lowest BCUT2D eigenvalue weighted by atomic mass is 9.78. The van der Waals surface area contributed by atoms with Crippen LogP contribution in [0.2, 0.25) is 0 Å². The number of carbonyl (C=O) groups is 1. The number of pyridine rings is 1. The molecule has 1 saturated carbocycles. The number of benzene rings is 1. The second-order valence-electron chi connectivity index (χ2n) is 11.2. The van der Waals surface area contributed by atoms with E-state index in [2.05, 4.69) is 63.7 Å². The number of nitrogens with two attached hydrogens (primary N) is 1. The average molecular weight is 552 g/mol. The predicted octanol–water partition coefficient (Wildman–Crippen LogP) is 4.71. The van der Waals surface area contributed by atoms with Crippen molar-refractivity contribution >= 4 is 28.2 Å². The third-order valence-electron chi connectivity index (χ3n) is 8.53. The summed E-state index contributed by atoms with van der Waals surface area (Å²) in [6.07, 6.45) is 14.0. The number of rotatable bonds is 8. The Bertz CT molecular complexity index is 1630. The zero-order chi connectivity index (χ0) is 28.5. The van der Waals surface area contributed by atoms with Crippen molar-refractivity contribution in [1.29, 1.82) is 0 Å². The molecule has 1 atom stereocenters. The Hall–Kier alpha value is -4.08. The lowest BCUT2D eigenvalue weighted by Gasteiger charge is -2.45. The van der Waals surface area contributed by atoms with Crippen LogP contribution in [0.1, 0.15) is 50.0 Å². The smallest absolute Gasteiger partial charge is 0.317 e. The van der Waals surface area contributed by atoms with Crippen LogP contribution < -0.4 is 5.73 Å². The van der Waals surface area contributed by atoms with Crippen molar-refractivity contribution in [2.24, 2.45) is 0 Å². The molecule has 212 valence electrons. The van der Waals surface area contributed by atoms with E-state index in [0.29, 0.717) is 17.8 Å². The number of carboxylic acids is 1. The molecular formula is C32H37N7O2. The summed E-state index contributed by atoms with van der Waals surface area (Å²) in [6, 6.07) is 11.0. The molecule has 0 radical (unpaired) electrons. The van der Waals surface area contributed by atoms with Gasteiger partial charge in [-0.3, -0.25) is 24.0 Å². The van der Waals surface area contributed by atoms with Gasteiger partial charge in [0.15, 0.2) is 0 Å². The molecule has 3 aromatic heterocycles. The van der Waals surface area contributed by atoms with Crippen molar-refractivity contribution in [2.75, 3.05) is 38.5 Å². The van der Waals surface area contributed by atoms with Crippen LogP contribution in [0.4, 0.5) is 5.82 Å². The maximum absolute atomic E-state index is 11.1. The van der Waals surface area contributed by atoms with E-state index >= 15 is 0 Å². The molecule has 2 fully saturated rings. The molecule has 1 saturated heterocycles. The van der Waals surface area contributed by atoms with Gasteiger partial charge in [-0.25, -0.2) is 9.97 Å². The van der Waals surface area contributed by atoms with Gasteiger partial charge in [0.1, 0.15) is 22.9 Å². The summed E-state index contributed by atoms with van der Waals surface area (Å²) in [5.74, 6) is 1.26. The second kappa shape index (κ2) is 11.4. The van der Waals surface area contributed by atoms with E-state index in [1.807, 2.05) is 30.2 Å². The van der Waals surface area contributed by atoms with Gasteiger partial charge < -0.3 is 10.8 Å². The minimum atomic E-state index is -0.757. The van der Waals surface area contributed by atoms with Crippen molar-refractivity contribution in [1.82, 2.24) is 29.2 Å². The Morgan fingerprint density at radius 1 is 1.12 bits per heavy atom. The molecule has 0 spiro atoms. The van der Waals surface area contributed by atoms with Crippen molar-refractivity contribution in [3.8, 4) is 11.3 Å². The summed E-state index contributed by atoms with van der Waals surface area (Å²) < 4.78 is 2.12. The maximum Gasteiger partial charge on any atom is 0.317 e. The van der Waals surface area contributed by atoms with Crippen molar-refractivity contribution in [3.05, 3.63) is 78.5 Å². The second-order valence-corrected chi connectivity index (χ2v) is 11.2. The highest BCUT2D eigenvalue weighted by molar-refractivity contribution is 5.90. The molecule has 6 rings (SSSR count). The Kier molecular flexibility index (Phi) is 7.55. The monoisotopic (exact) mass is 551 g/mol. The molecule has 4 heterocycles. The molecule has 1 unspecified atom stereocenters. The first-order chi connectivity index (χ1) is 19.9. The van der Waals surface area contributed by atoms with E-state index in [4.69, 9.17) is 20.8 Å². The first-order valence-corrected chi connectivity index (χ1v) is 14.4. The Labute approximate surface area is 240 Å². The van der Waals surface area contributed by atoms with Crippen LogP contribution in [0, 0.1) is 0 Å². The molecule has 0 amide bonds. The number of hydrogen-bond acceptors (Lipinski definition) is 7. The number of fused-ring (bicyclic) bond motifs is 2. The highest BCUT2D eigenvalue weighted by Gasteiger charge is 2.38. The van der Waals surface area contributed by atoms with Crippen LogP contribution in [-0.4, -0.2) is 79.0 Å². The molecule has 1 aliphatic carbocycles. The molecule has 9 heteroatoms. The van der Waals surface area contributed by atoms with Crippen LogP contribution in [0.5, 0.6) is 0 Å². The van der Waals surface area contributed by atoms with Crippen LogP contribution >= 0.6 is 0 Å². The molecule has 0 bridgehead atoms. The van der Waals surface area contributed by atoms with Gasteiger partial charge >= 0.3 is 5.97 Å². The average Bonchev–Trinajstić information content (AvgIpc) is 3.33. The summed E-state index contributed by atoms with van der Waals surface area (Å²) in [5, 5.41) is 10.2. The fourth-order valence-electron chi connectivity index (χ4n) is 6.13. The SMILES string of the molecule is C/C=C\C=C/C(C)c1ccc2ccc(-c3nc(C4CC(N5CCN(CC(=O)O)CC5)C4)n4ccnc(N)c34)cc2n1. The van der Waals surface area contributed by atoms with Crippen LogP contribution in [0.25, 0.3) is 27.7 Å². The van der Waals surface area contributed by atoms with Crippen molar-refractivity contribution < 1.29 is 9.90 Å². The molecule has 1 aliphatic heterocycles. The summed E-state index contributed by atoms with van der Waals surface area (Å²) in [7, 11) is 0. The summed E-state index contributed by atoms with van der Waals surface area (Å²) >= 11 is 0. The van der Waals surface area contributed by atoms with E-state index < -0.39 is 5.97 Å². The third-order valence-corrected chi connectivity index (χ3v) is 8.53. The molecule has 9 nitrogen and oxygen atoms in total. The van der Waals surface area contributed by atoms with E-state index in [1.165, 1.54) is 0 Å². The fourth-order valence-corrected chi connectivity index (χ4v) is 6.13. The lowest BCUT2D eigenvalue weighted by molar-refractivity contribution is -0.138. The highest BCUT2D eigenvalue weighted by atomic mass is 16.4. The van der Waals surface area contributed by atoms with Crippen LogP contribution in [-0.2, 0) is 4.79 Å². The summed E-state index contributed by atoms with van der Waals surface area (Å²) in [5.41, 5.74) is 11.1. The molecule has 3 N–H and O–H groups in total. The number of nitrogens with zero attached hydrogens (tertiary/aromatic N) is 6. The van der Waals surface area contributed by atoms with Crippen LogP contribution in [0.15, 0.2) is 67.0 Å². The van der Waals surface area contributed by atoms with Gasteiger partial charge in [-0.05, 0) is 31.9 Å². The molecule has 41 heavy (non-hydrogen) atoms. The number of imidazole rings is 1. The zero-order valence-electron chi connectivity index (χ0n) is 23.6. The molecule has 2 aliphatic rings. The predicted molar refractivity (Wildman–Crippen MR) is 162 cm³/mol. The number of carboxylic acid groups (broad SMARTS) is 1. The Morgan fingerprint density at radius 2 is 1.90 bits per heavy atom.